The SMILES string of the molecule is C#CC.Cc1cccc2c1c1ccccc1n2-c1ccc(C#N)c(Br)c1.Cc1cccc2c1c1ccccc1n2-c1ccc(C#N)c(C#C[Si](C)(C)C)c1.Cc1cccc2c1c1ccccc1n2-c1ccc2c(=O)[nH]ccc2c1.Cc1cccc2c1c1ccccc1n2-c1ccc2c(=O)[nH]ccc2c1. The first kappa shape index (κ1) is 68.2. The van der Waals surface area contributed by atoms with Crippen LogP contribution in [-0.4, -0.2) is 36.3 Å². The Hall–Kier alpha value is -12.9. The molecule has 6 heterocycles. The zero-order valence-corrected chi connectivity index (χ0v) is 61.4. The predicted molar refractivity (Wildman–Crippen MR) is 440 cm³/mol. The summed E-state index contributed by atoms with van der Waals surface area (Å²) in [6.07, 6.45) is 7.99. The number of halogens is 1. The Morgan fingerprint density at radius 1 is 0.365 bits per heavy atom. The molecule has 0 atom stereocenters. The van der Waals surface area contributed by atoms with Gasteiger partial charge in [0, 0.05) is 99.0 Å². The van der Waals surface area contributed by atoms with Gasteiger partial charge >= 0.3 is 0 Å². The molecule has 12 aromatic carbocycles. The fourth-order valence-corrected chi connectivity index (χ4v) is 15.4. The van der Waals surface area contributed by atoms with Crippen molar-refractivity contribution < 1.29 is 0 Å². The molecule has 0 fully saturated rings. The molecule has 0 spiro atoms. The number of nitriles is 2. The van der Waals surface area contributed by atoms with E-state index in [-0.39, 0.29) is 11.1 Å². The number of hydrogen-bond acceptors (Lipinski definition) is 4. The van der Waals surface area contributed by atoms with Gasteiger partial charge in [-0.3, -0.25) is 9.59 Å². The number of para-hydroxylation sites is 4. The molecule has 0 aliphatic carbocycles. The standard InChI is InChI=1S/C25H22N2Si.2C22H16N2O.C20H13BrN2.C3H4/c1-18-8-7-11-24-25(18)22-9-5-6-10-23(22)27(24)21-13-12-20(17-26)19(16-21)14-15-28(2,3)4;2*1-14-5-4-8-20-21(14)18-6-2-3-7-19(18)24(20)16-9-10-17-15(13-16)11-12-23-22(17)25;1-13-5-4-8-19-20(13)16-6-2-3-7-18(16)23(19)15-10-9-14(12-22)17(21)11-15;1-3-2/h5-13,16H,1-4H3;2*2-13H,1H3,(H,23,25);2-11H,1H3;1H,2H3. The van der Waals surface area contributed by atoms with E-state index in [4.69, 9.17) is 5.26 Å². The second-order valence-corrected chi connectivity index (χ2v) is 32.5. The molecule has 6 aromatic heterocycles. The summed E-state index contributed by atoms with van der Waals surface area (Å²) < 4.78 is 9.90. The number of rotatable bonds is 4. The molecular formula is C92H71BrN8O2Si. The zero-order chi connectivity index (χ0) is 72.5. The van der Waals surface area contributed by atoms with Crippen LogP contribution in [0.4, 0.5) is 0 Å². The minimum Gasteiger partial charge on any atom is -0.329 e. The van der Waals surface area contributed by atoms with Crippen molar-refractivity contribution in [2.24, 2.45) is 0 Å². The quantitative estimate of drug-likeness (QED) is 0.134. The maximum Gasteiger partial charge on any atom is 0.255 e. The second kappa shape index (κ2) is 28.6. The van der Waals surface area contributed by atoms with Gasteiger partial charge < -0.3 is 28.2 Å². The minimum absolute atomic E-state index is 0.0536. The summed E-state index contributed by atoms with van der Waals surface area (Å²) in [6.45, 7) is 16.9. The third kappa shape index (κ3) is 12.7. The molecule has 502 valence electrons. The number of hydrogen-bond donors (Lipinski definition) is 2. The van der Waals surface area contributed by atoms with Crippen molar-refractivity contribution in [2.75, 3.05) is 0 Å². The van der Waals surface area contributed by atoms with Gasteiger partial charge in [-0.2, -0.15) is 10.5 Å². The molecule has 18 rings (SSSR count). The summed E-state index contributed by atoms with van der Waals surface area (Å²) in [6, 6.07) is 91.7. The molecule has 18 aromatic rings. The first-order valence-corrected chi connectivity index (χ1v) is 38.6. The number of terminal acetylenes is 1. The van der Waals surface area contributed by atoms with E-state index in [1.807, 2.05) is 66.7 Å². The molecule has 0 aliphatic heterocycles. The van der Waals surface area contributed by atoms with Crippen LogP contribution in [0, 0.1) is 74.2 Å². The fraction of sp³-hybridized carbons (Fsp3) is 0.0870. The predicted octanol–water partition coefficient (Wildman–Crippen LogP) is 22.4. The van der Waals surface area contributed by atoms with Crippen LogP contribution in [0.25, 0.3) is 132 Å². The van der Waals surface area contributed by atoms with Gasteiger partial charge in [-0.15, -0.1) is 17.9 Å². The van der Waals surface area contributed by atoms with Crippen LogP contribution in [0.3, 0.4) is 0 Å². The molecule has 10 nitrogen and oxygen atoms in total. The number of nitrogens with one attached hydrogen (secondary N) is 2. The normalized spacial score (nSPS) is 11.1. The highest BCUT2D eigenvalue weighted by molar-refractivity contribution is 9.10. The van der Waals surface area contributed by atoms with Crippen LogP contribution in [0.2, 0.25) is 19.6 Å². The molecule has 0 saturated carbocycles. The van der Waals surface area contributed by atoms with Crippen LogP contribution >= 0.6 is 15.9 Å². The van der Waals surface area contributed by atoms with E-state index in [9.17, 15) is 14.9 Å². The maximum atomic E-state index is 12.0. The topological polar surface area (TPSA) is 133 Å². The lowest BCUT2D eigenvalue weighted by molar-refractivity contribution is 1.17. The van der Waals surface area contributed by atoms with Crippen molar-refractivity contribution in [3.8, 4) is 58.7 Å². The van der Waals surface area contributed by atoms with Gasteiger partial charge in [0.25, 0.3) is 11.1 Å². The van der Waals surface area contributed by atoms with Crippen molar-refractivity contribution in [1.82, 2.24) is 28.2 Å². The Bertz CT molecular complexity index is 6590. The first-order valence-electron chi connectivity index (χ1n) is 34.3. The summed E-state index contributed by atoms with van der Waals surface area (Å²) in [5.74, 6) is 5.54. The third-order valence-corrected chi connectivity index (χ3v) is 20.5. The highest BCUT2D eigenvalue weighted by atomic mass is 79.9. The Kier molecular flexibility index (Phi) is 18.7. The smallest absolute Gasteiger partial charge is 0.255 e. The van der Waals surface area contributed by atoms with Crippen LogP contribution in [0.5, 0.6) is 0 Å². The number of fused-ring (bicyclic) bond motifs is 14. The van der Waals surface area contributed by atoms with E-state index in [1.165, 1.54) is 109 Å². The van der Waals surface area contributed by atoms with Crippen molar-refractivity contribution in [3.05, 3.63) is 331 Å². The molecule has 0 amide bonds. The number of benzene rings is 12. The van der Waals surface area contributed by atoms with Gasteiger partial charge in [0.05, 0.1) is 55.3 Å². The van der Waals surface area contributed by atoms with E-state index < -0.39 is 8.07 Å². The number of aryl methyl sites for hydroxylation is 4. The molecular weight excluding hydrogens is 1360 g/mol. The van der Waals surface area contributed by atoms with Gasteiger partial charge in [-0.25, -0.2) is 0 Å². The van der Waals surface area contributed by atoms with Crippen molar-refractivity contribution in [3.63, 3.8) is 0 Å². The van der Waals surface area contributed by atoms with E-state index in [2.05, 4.69) is 316 Å². The Morgan fingerprint density at radius 2 is 0.673 bits per heavy atom. The van der Waals surface area contributed by atoms with Gasteiger partial charge in [0.15, 0.2) is 0 Å². The average Bonchev–Trinajstić information content (AvgIpc) is 1.61. The lowest BCUT2D eigenvalue weighted by Crippen LogP contribution is -2.16. The number of H-pyrrole nitrogens is 2. The number of aromatic nitrogens is 6. The summed E-state index contributed by atoms with van der Waals surface area (Å²) in [4.78, 5) is 29.4. The molecule has 2 N–H and O–H groups in total. The Labute approximate surface area is 611 Å². The van der Waals surface area contributed by atoms with Crippen LogP contribution in [0.1, 0.15) is 45.9 Å². The van der Waals surface area contributed by atoms with Gasteiger partial charge in [-0.1, -0.05) is 147 Å². The van der Waals surface area contributed by atoms with Crippen LogP contribution < -0.4 is 11.1 Å². The van der Waals surface area contributed by atoms with Gasteiger partial charge in [0.2, 0.25) is 0 Å². The number of nitrogens with zero attached hydrogens (tertiary/aromatic N) is 6. The number of pyridine rings is 2. The summed E-state index contributed by atoms with van der Waals surface area (Å²) in [7, 11) is -1.53. The lowest BCUT2D eigenvalue weighted by atomic mass is 10.1. The van der Waals surface area contributed by atoms with E-state index in [0.29, 0.717) is 21.9 Å². The third-order valence-electron chi connectivity index (χ3n) is 18.9. The van der Waals surface area contributed by atoms with Crippen LogP contribution in [-0.2, 0) is 0 Å². The first-order chi connectivity index (χ1) is 50.5. The lowest BCUT2D eigenvalue weighted by Gasteiger charge is -2.10. The molecule has 0 saturated heterocycles. The number of aromatic amines is 2. The van der Waals surface area contributed by atoms with Crippen molar-refractivity contribution in [1.29, 1.82) is 10.5 Å². The molecule has 104 heavy (non-hydrogen) atoms. The summed E-state index contributed by atoms with van der Waals surface area (Å²) in [5, 5.41) is 32.1. The minimum atomic E-state index is -1.53. The largest absolute Gasteiger partial charge is 0.329 e. The molecule has 0 unspecified atom stereocenters. The maximum absolute atomic E-state index is 12.0. The monoisotopic (exact) mass is 1430 g/mol. The van der Waals surface area contributed by atoms with Crippen LogP contribution in [0.15, 0.2) is 281 Å². The van der Waals surface area contributed by atoms with E-state index in [1.54, 1.807) is 19.3 Å². The van der Waals surface area contributed by atoms with Gasteiger partial charge in [0.1, 0.15) is 20.2 Å². The zero-order valence-electron chi connectivity index (χ0n) is 58.9. The Balaban J connectivity index is 0.000000116. The molecule has 0 bridgehead atoms. The van der Waals surface area contributed by atoms with Crippen molar-refractivity contribution in [2.45, 2.75) is 54.3 Å². The molecule has 12 heteroatoms. The molecule has 0 radical (unpaired) electrons. The highest BCUT2D eigenvalue weighted by Crippen LogP contribution is 2.39. The second-order valence-electron chi connectivity index (χ2n) is 26.8. The van der Waals surface area contributed by atoms with Crippen molar-refractivity contribution >= 4 is 133 Å². The summed E-state index contributed by atoms with van der Waals surface area (Å²) >= 11 is 3.50. The Morgan fingerprint density at radius 3 is 1.01 bits per heavy atom. The average molecular weight is 1430 g/mol. The highest BCUT2D eigenvalue weighted by Gasteiger charge is 2.20. The summed E-state index contributed by atoms with van der Waals surface area (Å²) in [5.41, 5.74) is 24.1. The fourth-order valence-electron chi connectivity index (χ4n) is 14.4. The van der Waals surface area contributed by atoms with E-state index >= 15 is 0 Å². The molecule has 0 aliphatic rings. The van der Waals surface area contributed by atoms with Gasteiger partial charge in [-0.05, 0) is 217 Å². The van der Waals surface area contributed by atoms with E-state index in [0.717, 1.165) is 43.6 Å².